The molecule has 3 rings (SSSR count). The van der Waals surface area contributed by atoms with Crippen LogP contribution >= 0.6 is 0 Å². The van der Waals surface area contributed by atoms with Crippen LogP contribution in [0.5, 0.6) is 0 Å². The van der Waals surface area contributed by atoms with Gasteiger partial charge in [0.05, 0.1) is 19.2 Å². The first-order valence-corrected chi connectivity index (χ1v) is 7.36. The lowest BCUT2D eigenvalue weighted by molar-refractivity contribution is 0.0600. The highest BCUT2D eigenvalue weighted by atomic mass is 16.5. The van der Waals surface area contributed by atoms with Crippen LogP contribution in [0.3, 0.4) is 0 Å². The van der Waals surface area contributed by atoms with Gasteiger partial charge in [-0.15, -0.1) is 0 Å². The molecule has 1 unspecified atom stereocenters. The van der Waals surface area contributed by atoms with Gasteiger partial charge in [0.15, 0.2) is 0 Å². The number of ether oxygens (including phenoxy) is 1. The summed E-state index contributed by atoms with van der Waals surface area (Å²) in [6.45, 7) is 4.15. The van der Waals surface area contributed by atoms with Crippen LogP contribution in [-0.4, -0.2) is 43.7 Å². The number of nitrogens with one attached hydrogen (secondary N) is 1. The van der Waals surface area contributed by atoms with Gasteiger partial charge in [-0.3, -0.25) is 0 Å². The first kappa shape index (κ1) is 13.6. The Bertz CT molecular complexity index is 467. The number of carbonyl (C=O) groups is 1. The van der Waals surface area contributed by atoms with E-state index in [4.69, 9.17) is 4.42 Å². The quantitative estimate of drug-likeness (QED) is 0.802. The average molecular weight is 278 g/mol. The summed E-state index contributed by atoms with van der Waals surface area (Å²) < 4.78 is 10.00. The van der Waals surface area contributed by atoms with Crippen molar-refractivity contribution in [1.29, 1.82) is 0 Å². The molecule has 5 nitrogen and oxygen atoms in total. The lowest BCUT2D eigenvalue weighted by Gasteiger charge is -2.14. The van der Waals surface area contributed by atoms with E-state index in [1.165, 1.54) is 45.7 Å². The summed E-state index contributed by atoms with van der Waals surface area (Å²) in [6.07, 6.45) is 5.52. The van der Waals surface area contributed by atoms with Gasteiger partial charge in [0.1, 0.15) is 12.0 Å². The second-order valence-electron chi connectivity index (χ2n) is 5.80. The van der Waals surface area contributed by atoms with Gasteiger partial charge in [0, 0.05) is 12.6 Å². The van der Waals surface area contributed by atoms with Crippen molar-refractivity contribution in [3.63, 3.8) is 0 Å². The molecule has 5 heteroatoms. The molecule has 0 amide bonds. The minimum absolute atomic E-state index is 0.351. The second-order valence-corrected chi connectivity index (χ2v) is 5.80. The molecule has 2 fully saturated rings. The van der Waals surface area contributed by atoms with Gasteiger partial charge >= 0.3 is 5.97 Å². The van der Waals surface area contributed by atoms with Crippen LogP contribution < -0.4 is 5.32 Å². The summed E-state index contributed by atoms with van der Waals surface area (Å²) in [5.74, 6) is 1.17. The molecule has 0 aromatic carbocycles. The van der Waals surface area contributed by atoms with Crippen molar-refractivity contribution in [3.8, 4) is 0 Å². The van der Waals surface area contributed by atoms with Crippen LogP contribution in [0.25, 0.3) is 0 Å². The SMILES string of the molecule is COC(=O)c1coc(CNCC2CCN(C3CC3)C2)c1. The lowest BCUT2D eigenvalue weighted by atomic mass is 10.1. The summed E-state index contributed by atoms with van der Waals surface area (Å²) in [5.41, 5.74) is 0.477. The van der Waals surface area contributed by atoms with E-state index < -0.39 is 0 Å². The normalized spacial score (nSPS) is 23.1. The molecule has 20 heavy (non-hydrogen) atoms. The monoisotopic (exact) mass is 278 g/mol. The van der Waals surface area contributed by atoms with Crippen molar-refractivity contribution in [2.75, 3.05) is 26.7 Å². The number of methoxy groups -OCH3 is 1. The molecule has 2 heterocycles. The van der Waals surface area contributed by atoms with Crippen molar-refractivity contribution >= 4 is 5.97 Å². The summed E-state index contributed by atoms with van der Waals surface area (Å²) in [6, 6.07) is 2.62. The Morgan fingerprint density at radius 3 is 3.10 bits per heavy atom. The predicted molar refractivity (Wildman–Crippen MR) is 74.5 cm³/mol. The van der Waals surface area contributed by atoms with Gasteiger partial charge in [-0.25, -0.2) is 4.79 Å². The van der Waals surface area contributed by atoms with E-state index in [9.17, 15) is 4.79 Å². The molecule has 1 aliphatic carbocycles. The average Bonchev–Trinajstić information content (AvgIpc) is 3.02. The Balaban J connectivity index is 1.39. The summed E-state index contributed by atoms with van der Waals surface area (Å²) >= 11 is 0. The topological polar surface area (TPSA) is 54.7 Å². The predicted octanol–water partition coefficient (Wildman–Crippen LogP) is 1.64. The Labute approximate surface area is 119 Å². The summed E-state index contributed by atoms with van der Waals surface area (Å²) in [7, 11) is 1.37. The fourth-order valence-electron chi connectivity index (χ4n) is 2.90. The molecule has 0 radical (unpaired) electrons. The number of esters is 1. The van der Waals surface area contributed by atoms with Crippen molar-refractivity contribution in [1.82, 2.24) is 10.2 Å². The van der Waals surface area contributed by atoms with E-state index in [1.54, 1.807) is 6.07 Å². The van der Waals surface area contributed by atoms with Crippen molar-refractivity contribution in [3.05, 3.63) is 23.7 Å². The molecular weight excluding hydrogens is 256 g/mol. The molecule has 1 atom stereocenters. The number of hydrogen-bond acceptors (Lipinski definition) is 5. The summed E-state index contributed by atoms with van der Waals surface area (Å²) in [4.78, 5) is 13.9. The Morgan fingerprint density at radius 2 is 2.35 bits per heavy atom. The van der Waals surface area contributed by atoms with E-state index in [0.29, 0.717) is 12.1 Å². The van der Waals surface area contributed by atoms with Gasteiger partial charge in [-0.1, -0.05) is 0 Å². The van der Waals surface area contributed by atoms with Gasteiger partial charge in [-0.05, 0) is 44.3 Å². The van der Waals surface area contributed by atoms with Crippen LogP contribution in [0.15, 0.2) is 16.7 Å². The minimum Gasteiger partial charge on any atom is -0.467 e. The number of carbonyl (C=O) groups excluding carboxylic acids is 1. The molecule has 1 saturated carbocycles. The minimum atomic E-state index is -0.351. The smallest absolute Gasteiger partial charge is 0.341 e. The van der Waals surface area contributed by atoms with Crippen LogP contribution in [0.1, 0.15) is 35.4 Å². The Hall–Kier alpha value is -1.33. The first-order valence-electron chi connectivity index (χ1n) is 7.36. The third kappa shape index (κ3) is 3.22. The van der Waals surface area contributed by atoms with E-state index in [-0.39, 0.29) is 5.97 Å². The zero-order valence-corrected chi connectivity index (χ0v) is 11.9. The third-order valence-electron chi connectivity index (χ3n) is 4.19. The van der Waals surface area contributed by atoms with Gasteiger partial charge in [0.25, 0.3) is 0 Å². The highest BCUT2D eigenvalue weighted by Gasteiger charge is 2.33. The number of likely N-dealkylation sites (tertiary alicyclic amines) is 1. The third-order valence-corrected chi connectivity index (χ3v) is 4.19. The van der Waals surface area contributed by atoms with Crippen LogP contribution in [-0.2, 0) is 11.3 Å². The molecule has 2 aliphatic rings. The highest BCUT2D eigenvalue weighted by molar-refractivity contribution is 5.88. The molecule has 0 bridgehead atoms. The molecule has 0 spiro atoms. The highest BCUT2D eigenvalue weighted by Crippen LogP contribution is 2.31. The zero-order chi connectivity index (χ0) is 13.9. The maximum Gasteiger partial charge on any atom is 0.341 e. The number of hydrogen-bond donors (Lipinski definition) is 1. The van der Waals surface area contributed by atoms with Crippen molar-refractivity contribution in [2.24, 2.45) is 5.92 Å². The number of furan rings is 1. The molecule has 1 aliphatic heterocycles. The largest absolute Gasteiger partial charge is 0.467 e. The number of rotatable bonds is 6. The fraction of sp³-hybridized carbons (Fsp3) is 0.667. The standard InChI is InChI=1S/C15H22N2O3/c1-19-15(18)12-6-14(20-10-12)8-16-7-11-4-5-17(9-11)13-2-3-13/h6,10-11,13,16H,2-5,7-9H2,1H3. The first-order chi connectivity index (χ1) is 9.76. The zero-order valence-electron chi connectivity index (χ0n) is 11.9. The molecule has 1 N–H and O–H groups in total. The van der Waals surface area contributed by atoms with Gasteiger partial charge < -0.3 is 19.4 Å². The second kappa shape index (κ2) is 5.97. The van der Waals surface area contributed by atoms with E-state index >= 15 is 0 Å². The lowest BCUT2D eigenvalue weighted by Crippen LogP contribution is -2.27. The molecule has 1 aromatic rings. The molecule has 1 saturated heterocycles. The van der Waals surface area contributed by atoms with Gasteiger partial charge in [0.2, 0.25) is 0 Å². The molecule has 110 valence electrons. The van der Waals surface area contributed by atoms with E-state index in [1.807, 2.05) is 0 Å². The van der Waals surface area contributed by atoms with Crippen LogP contribution in [0, 0.1) is 5.92 Å². The molecule has 1 aromatic heterocycles. The fourth-order valence-corrected chi connectivity index (χ4v) is 2.90. The number of nitrogens with zero attached hydrogens (tertiary/aromatic N) is 1. The Kier molecular flexibility index (Phi) is 4.08. The maximum atomic E-state index is 11.3. The Morgan fingerprint density at radius 1 is 1.50 bits per heavy atom. The molecular formula is C15H22N2O3. The van der Waals surface area contributed by atoms with E-state index in [0.717, 1.165) is 24.3 Å². The van der Waals surface area contributed by atoms with Crippen LogP contribution in [0.4, 0.5) is 0 Å². The van der Waals surface area contributed by atoms with Gasteiger partial charge in [-0.2, -0.15) is 0 Å². The van der Waals surface area contributed by atoms with Crippen molar-refractivity contribution < 1.29 is 13.9 Å². The van der Waals surface area contributed by atoms with Crippen LogP contribution in [0.2, 0.25) is 0 Å². The maximum absolute atomic E-state index is 11.3. The van der Waals surface area contributed by atoms with Crippen molar-refractivity contribution in [2.45, 2.75) is 31.8 Å². The van der Waals surface area contributed by atoms with E-state index in [2.05, 4.69) is 15.0 Å². The summed E-state index contributed by atoms with van der Waals surface area (Å²) in [5, 5.41) is 3.42.